The molecule has 2 fully saturated rings. The maximum atomic E-state index is 12.2. The number of nitrogens with zero attached hydrogens (tertiary/aromatic N) is 1. The summed E-state index contributed by atoms with van der Waals surface area (Å²) in [5, 5.41) is 8.35. The highest BCUT2D eigenvalue weighted by atomic mass is 32.2. The van der Waals surface area contributed by atoms with Gasteiger partial charge in [-0.1, -0.05) is 0 Å². The van der Waals surface area contributed by atoms with Crippen molar-refractivity contribution < 1.29 is 13.5 Å². The van der Waals surface area contributed by atoms with E-state index in [4.69, 9.17) is 5.11 Å². The Morgan fingerprint density at radius 1 is 1.19 bits per heavy atom. The summed E-state index contributed by atoms with van der Waals surface area (Å²) in [5.74, 6) is 1.14. The molecule has 2 aliphatic carbocycles. The average Bonchev–Trinajstić information content (AvgIpc) is 3.09. The Kier molecular flexibility index (Phi) is 3.56. The van der Waals surface area contributed by atoms with Crippen LogP contribution < -0.4 is 0 Å². The van der Waals surface area contributed by atoms with Gasteiger partial charge in [0, 0.05) is 13.1 Å². The van der Waals surface area contributed by atoms with Crippen molar-refractivity contribution in [2.75, 3.05) is 19.7 Å². The predicted molar refractivity (Wildman–Crippen MR) is 62.5 cm³/mol. The first-order chi connectivity index (χ1) is 7.54. The molecule has 2 aliphatic rings. The minimum atomic E-state index is -3.28. The normalized spacial score (nSPS) is 23.7. The first-order valence-electron chi connectivity index (χ1n) is 6.14. The van der Waals surface area contributed by atoms with Crippen LogP contribution in [0.2, 0.25) is 0 Å². The van der Waals surface area contributed by atoms with Crippen LogP contribution in [-0.2, 0) is 10.0 Å². The zero-order chi connectivity index (χ0) is 11.8. The van der Waals surface area contributed by atoms with Crippen LogP contribution in [-0.4, -0.2) is 42.8 Å². The van der Waals surface area contributed by atoms with E-state index in [0.717, 1.165) is 25.7 Å². The van der Waals surface area contributed by atoms with Crippen LogP contribution in [0.15, 0.2) is 0 Å². The predicted octanol–water partition coefficient (Wildman–Crippen LogP) is 0.819. The van der Waals surface area contributed by atoms with E-state index in [1.807, 2.05) is 0 Å². The highest BCUT2D eigenvalue weighted by molar-refractivity contribution is 7.89. The molecule has 0 aromatic rings. The Bertz CT molecular complexity index is 319. The van der Waals surface area contributed by atoms with E-state index in [-0.39, 0.29) is 6.61 Å². The molecule has 16 heavy (non-hydrogen) atoms. The minimum Gasteiger partial charge on any atom is -0.395 e. The molecule has 0 aromatic heterocycles. The highest BCUT2D eigenvalue weighted by Gasteiger charge is 2.36. The molecule has 0 saturated heterocycles. The molecule has 1 atom stereocenters. The lowest BCUT2D eigenvalue weighted by molar-refractivity contribution is 0.286. The molecule has 0 aliphatic heterocycles. The van der Waals surface area contributed by atoms with E-state index in [9.17, 15) is 8.42 Å². The largest absolute Gasteiger partial charge is 0.395 e. The lowest BCUT2D eigenvalue weighted by atomic mass is 10.4. The topological polar surface area (TPSA) is 57.6 Å². The average molecular weight is 247 g/mol. The van der Waals surface area contributed by atoms with E-state index in [2.05, 4.69) is 0 Å². The van der Waals surface area contributed by atoms with Gasteiger partial charge in [-0.3, -0.25) is 0 Å². The van der Waals surface area contributed by atoms with Gasteiger partial charge < -0.3 is 5.11 Å². The summed E-state index contributed by atoms with van der Waals surface area (Å²) in [6.45, 7) is 2.64. The van der Waals surface area contributed by atoms with Crippen LogP contribution >= 0.6 is 0 Å². The number of hydrogen-bond donors (Lipinski definition) is 1. The maximum Gasteiger partial charge on any atom is 0.218 e. The summed E-state index contributed by atoms with van der Waals surface area (Å²) >= 11 is 0. The molecule has 1 unspecified atom stereocenters. The maximum absolute atomic E-state index is 12.2. The molecule has 0 heterocycles. The molecule has 0 spiro atoms. The summed E-state index contributed by atoms with van der Waals surface area (Å²) in [6.07, 6.45) is 4.63. The fraction of sp³-hybridized carbons (Fsp3) is 1.00. The molecule has 0 aromatic carbocycles. The van der Waals surface area contributed by atoms with Gasteiger partial charge in [0.05, 0.1) is 11.9 Å². The number of sulfonamides is 1. The number of aliphatic hydroxyl groups excluding tert-OH is 1. The second kappa shape index (κ2) is 4.63. The smallest absolute Gasteiger partial charge is 0.218 e. The third kappa shape index (κ3) is 2.96. The standard InChI is InChI=1S/C11H21NO3S/c1-9(8-13)16(14,15)12(6-10-2-3-10)7-11-4-5-11/h9-11,13H,2-8H2,1H3. The summed E-state index contributed by atoms with van der Waals surface area (Å²) in [7, 11) is -3.28. The van der Waals surface area contributed by atoms with Crippen LogP contribution in [0.4, 0.5) is 0 Å². The molecule has 94 valence electrons. The zero-order valence-electron chi connectivity index (χ0n) is 9.80. The molecule has 5 heteroatoms. The van der Waals surface area contributed by atoms with Crippen molar-refractivity contribution in [2.24, 2.45) is 11.8 Å². The summed E-state index contributed by atoms with van der Waals surface area (Å²) in [4.78, 5) is 0. The van der Waals surface area contributed by atoms with Crippen molar-refractivity contribution in [3.8, 4) is 0 Å². The molecule has 2 saturated carbocycles. The van der Waals surface area contributed by atoms with Crippen LogP contribution in [0.5, 0.6) is 0 Å². The van der Waals surface area contributed by atoms with Gasteiger partial charge in [0.15, 0.2) is 0 Å². The molecule has 0 radical (unpaired) electrons. The lowest BCUT2D eigenvalue weighted by Gasteiger charge is -2.24. The third-order valence-electron chi connectivity index (χ3n) is 3.44. The first kappa shape index (κ1) is 12.3. The van der Waals surface area contributed by atoms with E-state index in [1.54, 1.807) is 11.2 Å². The monoisotopic (exact) mass is 247 g/mol. The lowest BCUT2D eigenvalue weighted by Crippen LogP contribution is -2.41. The Morgan fingerprint density at radius 2 is 1.62 bits per heavy atom. The van der Waals surface area contributed by atoms with Crippen LogP contribution in [0.25, 0.3) is 0 Å². The van der Waals surface area contributed by atoms with E-state index in [1.165, 1.54) is 0 Å². The van der Waals surface area contributed by atoms with Gasteiger partial charge in [0.2, 0.25) is 10.0 Å². The molecule has 1 N–H and O–H groups in total. The van der Waals surface area contributed by atoms with E-state index < -0.39 is 15.3 Å². The third-order valence-corrected chi connectivity index (χ3v) is 5.63. The van der Waals surface area contributed by atoms with Crippen molar-refractivity contribution in [3.63, 3.8) is 0 Å². The van der Waals surface area contributed by atoms with Gasteiger partial charge >= 0.3 is 0 Å². The Labute approximate surface area is 97.7 Å². The van der Waals surface area contributed by atoms with Crippen molar-refractivity contribution in [1.82, 2.24) is 4.31 Å². The first-order valence-corrected chi connectivity index (χ1v) is 7.64. The second-order valence-electron chi connectivity index (χ2n) is 5.24. The molecule has 4 nitrogen and oxygen atoms in total. The Morgan fingerprint density at radius 3 is 1.94 bits per heavy atom. The van der Waals surface area contributed by atoms with Gasteiger partial charge in [-0.05, 0) is 44.4 Å². The minimum absolute atomic E-state index is 0.284. The second-order valence-corrected chi connectivity index (χ2v) is 7.59. The number of rotatable bonds is 7. The fourth-order valence-corrected chi connectivity index (χ4v) is 3.34. The molecule has 0 amide bonds. The van der Waals surface area contributed by atoms with Gasteiger partial charge in [-0.2, -0.15) is 0 Å². The van der Waals surface area contributed by atoms with E-state index >= 15 is 0 Å². The molecule has 0 bridgehead atoms. The zero-order valence-corrected chi connectivity index (χ0v) is 10.6. The Hall–Kier alpha value is -0.130. The Balaban J connectivity index is 2.02. The van der Waals surface area contributed by atoms with Gasteiger partial charge in [0.25, 0.3) is 0 Å². The summed E-state index contributed by atoms with van der Waals surface area (Å²) < 4.78 is 25.9. The number of hydrogen-bond acceptors (Lipinski definition) is 3. The van der Waals surface area contributed by atoms with Gasteiger partial charge in [0.1, 0.15) is 0 Å². The SMILES string of the molecule is CC(CO)S(=O)(=O)N(CC1CC1)CC1CC1. The van der Waals surface area contributed by atoms with Crippen LogP contribution in [0, 0.1) is 11.8 Å². The van der Waals surface area contributed by atoms with Crippen molar-refractivity contribution in [2.45, 2.75) is 37.9 Å². The molecular formula is C11H21NO3S. The van der Waals surface area contributed by atoms with Crippen molar-refractivity contribution >= 4 is 10.0 Å². The number of aliphatic hydroxyl groups is 1. The quantitative estimate of drug-likeness (QED) is 0.724. The summed E-state index contributed by atoms with van der Waals surface area (Å²) in [5.41, 5.74) is 0. The van der Waals surface area contributed by atoms with Gasteiger partial charge in [-0.15, -0.1) is 0 Å². The fourth-order valence-electron chi connectivity index (χ4n) is 1.81. The van der Waals surface area contributed by atoms with Crippen molar-refractivity contribution in [1.29, 1.82) is 0 Å². The van der Waals surface area contributed by atoms with Crippen LogP contribution in [0.1, 0.15) is 32.6 Å². The summed E-state index contributed by atoms with van der Waals surface area (Å²) in [6, 6.07) is 0. The van der Waals surface area contributed by atoms with E-state index in [0.29, 0.717) is 24.9 Å². The van der Waals surface area contributed by atoms with Gasteiger partial charge in [-0.25, -0.2) is 12.7 Å². The van der Waals surface area contributed by atoms with Crippen molar-refractivity contribution in [3.05, 3.63) is 0 Å². The highest BCUT2D eigenvalue weighted by Crippen LogP contribution is 2.35. The molecular weight excluding hydrogens is 226 g/mol. The molecule has 2 rings (SSSR count). The van der Waals surface area contributed by atoms with Crippen LogP contribution in [0.3, 0.4) is 0 Å².